The van der Waals surface area contributed by atoms with Gasteiger partial charge in [0.2, 0.25) is 0 Å². The highest BCUT2D eigenvalue weighted by molar-refractivity contribution is 14.1. The van der Waals surface area contributed by atoms with E-state index >= 15 is 0 Å². The predicted octanol–water partition coefficient (Wildman–Crippen LogP) is 3.63. The molecule has 1 N–H and O–H groups in total. The van der Waals surface area contributed by atoms with Crippen molar-refractivity contribution in [3.8, 4) is 0 Å². The van der Waals surface area contributed by atoms with E-state index in [0.29, 0.717) is 12.5 Å². The van der Waals surface area contributed by atoms with Gasteiger partial charge in [0.15, 0.2) is 0 Å². The summed E-state index contributed by atoms with van der Waals surface area (Å²) in [7, 11) is 0. The average molecular weight is 318 g/mol. The Morgan fingerprint density at radius 2 is 1.93 bits per heavy atom. The second-order valence-electron chi connectivity index (χ2n) is 4.02. The van der Waals surface area contributed by atoms with Crippen LogP contribution in [0.2, 0.25) is 0 Å². The van der Waals surface area contributed by atoms with Crippen molar-refractivity contribution < 1.29 is 5.11 Å². The molecule has 0 bridgehead atoms. The minimum Gasteiger partial charge on any atom is -0.396 e. The third-order valence-electron chi connectivity index (χ3n) is 2.66. The van der Waals surface area contributed by atoms with Gasteiger partial charge in [-0.3, -0.25) is 0 Å². The normalized spacial score (nSPS) is 12.7. The summed E-state index contributed by atoms with van der Waals surface area (Å²) in [5.41, 5.74) is 1.34. The van der Waals surface area contributed by atoms with Crippen LogP contribution < -0.4 is 0 Å². The lowest BCUT2D eigenvalue weighted by Gasteiger charge is -2.13. The third kappa shape index (κ3) is 4.98. The van der Waals surface area contributed by atoms with E-state index in [1.165, 1.54) is 22.0 Å². The average Bonchev–Trinajstić information content (AvgIpc) is 2.27. The lowest BCUT2D eigenvalue weighted by atomic mass is 9.95. The van der Waals surface area contributed by atoms with Gasteiger partial charge in [0.05, 0.1) is 0 Å². The Balaban J connectivity index is 2.47. The Labute approximate surface area is 106 Å². The Hall–Kier alpha value is -0.0900. The summed E-state index contributed by atoms with van der Waals surface area (Å²) < 4.78 is 1.27. The molecule has 2 heteroatoms. The molecule has 0 aliphatic heterocycles. The van der Waals surface area contributed by atoms with Crippen LogP contribution in [0.5, 0.6) is 0 Å². The van der Waals surface area contributed by atoms with Crippen LogP contribution in [-0.2, 0) is 6.42 Å². The summed E-state index contributed by atoms with van der Waals surface area (Å²) in [6.07, 6.45) is 4.57. The Bertz CT molecular complexity index is 268. The number of benzene rings is 1. The van der Waals surface area contributed by atoms with Crippen LogP contribution in [0.1, 0.15) is 31.7 Å². The Morgan fingerprint density at radius 1 is 1.27 bits per heavy atom. The molecule has 1 atom stereocenters. The van der Waals surface area contributed by atoms with Crippen LogP contribution in [0.3, 0.4) is 0 Å². The van der Waals surface area contributed by atoms with Crippen molar-refractivity contribution in [1.82, 2.24) is 0 Å². The first-order chi connectivity index (χ1) is 7.26. The molecule has 1 nitrogen and oxygen atoms in total. The molecule has 0 fully saturated rings. The minimum absolute atomic E-state index is 0.311. The van der Waals surface area contributed by atoms with Crippen molar-refractivity contribution in [3.63, 3.8) is 0 Å². The third-order valence-corrected chi connectivity index (χ3v) is 3.38. The predicted molar refractivity (Wildman–Crippen MR) is 73.0 cm³/mol. The number of rotatable bonds is 6. The van der Waals surface area contributed by atoms with Crippen molar-refractivity contribution >= 4 is 22.6 Å². The van der Waals surface area contributed by atoms with E-state index in [9.17, 15) is 5.11 Å². The maximum atomic E-state index is 9.27. The fourth-order valence-electron chi connectivity index (χ4n) is 1.70. The van der Waals surface area contributed by atoms with Crippen LogP contribution in [0.4, 0.5) is 0 Å². The van der Waals surface area contributed by atoms with E-state index < -0.39 is 0 Å². The molecular formula is C13H19IO. The van der Waals surface area contributed by atoms with E-state index in [4.69, 9.17) is 0 Å². The van der Waals surface area contributed by atoms with Gasteiger partial charge in [-0.15, -0.1) is 0 Å². The van der Waals surface area contributed by atoms with E-state index in [0.717, 1.165) is 12.8 Å². The highest BCUT2D eigenvalue weighted by Crippen LogP contribution is 2.16. The fourth-order valence-corrected chi connectivity index (χ4v) is 2.06. The first-order valence-electron chi connectivity index (χ1n) is 5.61. The highest BCUT2D eigenvalue weighted by atomic mass is 127. The smallest absolute Gasteiger partial charge is 0.0462 e. The molecule has 0 radical (unpaired) electrons. The van der Waals surface area contributed by atoms with E-state index in [2.05, 4.69) is 53.8 Å². The standard InChI is InChI=1S/C13H19IO/c1-2-3-4-12(10-15)9-11-5-7-13(14)8-6-11/h5-8,12,15H,2-4,9-10H2,1H3. The van der Waals surface area contributed by atoms with Crippen molar-refractivity contribution in [1.29, 1.82) is 0 Å². The SMILES string of the molecule is CCCCC(CO)Cc1ccc(I)cc1. The van der Waals surface area contributed by atoms with Gasteiger partial charge in [-0.05, 0) is 59.0 Å². The molecule has 0 aliphatic rings. The zero-order valence-electron chi connectivity index (χ0n) is 9.25. The molecule has 0 heterocycles. The van der Waals surface area contributed by atoms with Gasteiger partial charge < -0.3 is 5.11 Å². The highest BCUT2D eigenvalue weighted by Gasteiger charge is 2.07. The topological polar surface area (TPSA) is 20.2 Å². The summed E-state index contributed by atoms with van der Waals surface area (Å²) >= 11 is 2.31. The van der Waals surface area contributed by atoms with Crippen LogP contribution in [0, 0.1) is 9.49 Å². The summed E-state index contributed by atoms with van der Waals surface area (Å²) in [6, 6.07) is 8.58. The fraction of sp³-hybridized carbons (Fsp3) is 0.538. The van der Waals surface area contributed by atoms with E-state index in [1.807, 2.05) is 0 Å². The van der Waals surface area contributed by atoms with Gasteiger partial charge in [0.1, 0.15) is 0 Å². The van der Waals surface area contributed by atoms with E-state index in [-0.39, 0.29) is 0 Å². The Kier molecular flexibility index (Phi) is 6.25. The number of unbranched alkanes of at least 4 members (excludes halogenated alkanes) is 1. The molecule has 0 spiro atoms. The summed E-state index contributed by atoms with van der Waals surface area (Å²) in [4.78, 5) is 0. The van der Waals surface area contributed by atoms with Crippen molar-refractivity contribution in [3.05, 3.63) is 33.4 Å². The minimum atomic E-state index is 0.311. The van der Waals surface area contributed by atoms with Gasteiger partial charge in [-0.1, -0.05) is 31.9 Å². The molecule has 0 saturated heterocycles. The summed E-state index contributed by atoms with van der Waals surface area (Å²) in [5, 5.41) is 9.27. The monoisotopic (exact) mass is 318 g/mol. The second kappa shape index (κ2) is 7.23. The van der Waals surface area contributed by atoms with Gasteiger partial charge in [-0.2, -0.15) is 0 Å². The summed E-state index contributed by atoms with van der Waals surface area (Å²) in [5.74, 6) is 0.435. The molecular weight excluding hydrogens is 299 g/mol. The molecule has 1 aromatic rings. The quantitative estimate of drug-likeness (QED) is 0.794. The number of hydrogen-bond acceptors (Lipinski definition) is 1. The number of aliphatic hydroxyl groups is 1. The Morgan fingerprint density at radius 3 is 2.47 bits per heavy atom. The maximum Gasteiger partial charge on any atom is 0.0462 e. The lowest BCUT2D eigenvalue weighted by molar-refractivity contribution is 0.215. The van der Waals surface area contributed by atoms with Crippen LogP contribution in [0.15, 0.2) is 24.3 Å². The van der Waals surface area contributed by atoms with Gasteiger partial charge in [0, 0.05) is 10.2 Å². The van der Waals surface area contributed by atoms with Gasteiger partial charge in [-0.25, -0.2) is 0 Å². The van der Waals surface area contributed by atoms with Crippen molar-refractivity contribution in [2.24, 2.45) is 5.92 Å². The number of aliphatic hydroxyl groups excluding tert-OH is 1. The molecule has 1 rings (SSSR count). The van der Waals surface area contributed by atoms with Gasteiger partial charge >= 0.3 is 0 Å². The van der Waals surface area contributed by atoms with E-state index in [1.54, 1.807) is 0 Å². The molecule has 1 unspecified atom stereocenters. The largest absolute Gasteiger partial charge is 0.396 e. The maximum absolute atomic E-state index is 9.27. The van der Waals surface area contributed by atoms with Crippen LogP contribution >= 0.6 is 22.6 Å². The number of hydrogen-bond donors (Lipinski definition) is 1. The zero-order chi connectivity index (χ0) is 11.1. The van der Waals surface area contributed by atoms with Crippen LogP contribution in [-0.4, -0.2) is 11.7 Å². The molecule has 0 amide bonds. The number of halogens is 1. The lowest BCUT2D eigenvalue weighted by Crippen LogP contribution is -2.09. The molecule has 1 aromatic carbocycles. The first-order valence-corrected chi connectivity index (χ1v) is 6.69. The van der Waals surface area contributed by atoms with Gasteiger partial charge in [0.25, 0.3) is 0 Å². The molecule has 0 aliphatic carbocycles. The van der Waals surface area contributed by atoms with Crippen molar-refractivity contribution in [2.45, 2.75) is 32.6 Å². The molecule has 0 saturated carbocycles. The molecule has 0 aromatic heterocycles. The summed E-state index contributed by atoms with van der Waals surface area (Å²) in [6.45, 7) is 2.51. The second-order valence-corrected chi connectivity index (χ2v) is 5.27. The van der Waals surface area contributed by atoms with Crippen molar-refractivity contribution in [2.75, 3.05) is 6.61 Å². The molecule has 84 valence electrons. The molecule has 15 heavy (non-hydrogen) atoms. The zero-order valence-corrected chi connectivity index (χ0v) is 11.4. The first kappa shape index (κ1) is 13.0. The van der Waals surface area contributed by atoms with Crippen LogP contribution in [0.25, 0.3) is 0 Å².